The third kappa shape index (κ3) is 4.40. The fourth-order valence-electron chi connectivity index (χ4n) is 3.04. The van der Waals surface area contributed by atoms with Crippen LogP contribution in [0.5, 0.6) is 0 Å². The van der Waals surface area contributed by atoms with Gasteiger partial charge >= 0.3 is 6.18 Å². The molecular weight excluding hydrogens is 387 g/mol. The molecule has 1 saturated heterocycles. The van der Waals surface area contributed by atoms with Gasteiger partial charge < -0.3 is 20.7 Å². The number of hydrogen-bond acceptors (Lipinski definition) is 7. The predicted octanol–water partition coefficient (Wildman–Crippen LogP) is 2.53. The molecule has 0 bridgehead atoms. The summed E-state index contributed by atoms with van der Waals surface area (Å²) < 4.78 is 45.4. The van der Waals surface area contributed by atoms with Crippen LogP contribution in [0.1, 0.15) is 5.56 Å². The third-order valence-corrected chi connectivity index (χ3v) is 4.57. The van der Waals surface area contributed by atoms with Gasteiger partial charge in [-0.15, -0.1) is 0 Å². The van der Waals surface area contributed by atoms with Crippen LogP contribution in [0, 0.1) is 0 Å². The van der Waals surface area contributed by atoms with Crippen molar-refractivity contribution in [2.75, 3.05) is 36.9 Å². The Kier molecular flexibility index (Phi) is 5.24. The monoisotopic (exact) mass is 407 g/mol. The van der Waals surface area contributed by atoms with Crippen molar-refractivity contribution >= 4 is 28.5 Å². The van der Waals surface area contributed by atoms with Gasteiger partial charge in [0.1, 0.15) is 5.82 Å². The van der Waals surface area contributed by atoms with E-state index in [2.05, 4.69) is 31.0 Å². The minimum Gasteiger partial charge on any atom is -0.378 e. The summed E-state index contributed by atoms with van der Waals surface area (Å²) in [4.78, 5) is 8.98. The van der Waals surface area contributed by atoms with E-state index in [0.29, 0.717) is 48.2 Å². The Bertz CT molecular complexity index is 982. The number of anilines is 3. The van der Waals surface area contributed by atoms with Crippen molar-refractivity contribution in [1.82, 2.24) is 25.1 Å². The van der Waals surface area contributed by atoms with Crippen LogP contribution in [0.3, 0.4) is 0 Å². The highest BCUT2D eigenvalue weighted by Crippen LogP contribution is 2.31. The first-order chi connectivity index (χ1) is 13.9. The molecule has 0 unspecified atom stereocenters. The Morgan fingerprint density at radius 1 is 1.24 bits per heavy atom. The molecule has 3 N–H and O–H groups in total. The van der Waals surface area contributed by atoms with Gasteiger partial charge in [0.2, 0.25) is 5.95 Å². The summed E-state index contributed by atoms with van der Waals surface area (Å²) in [7, 11) is 1.76. The minimum atomic E-state index is -4.38. The van der Waals surface area contributed by atoms with Crippen molar-refractivity contribution in [3.8, 4) is 0 Å². The van der Waals surface area contributed by atoms with Crippen LogP contribution in [-0.2, 0) is 18.0 Å². The Morgan fingerprint density at radius 2 is 2.03 bits per heavy atom. The van der Waals surface area contributed by atoms with Crippen LogP contribution < -0.4 is 16.0 Å². The number of ether oxygens (including phenoxy) is 1. The fraction of sp³-hybridized carbons (Fsp3) is 0.389. The molecule has 11 heteroatoms. The maximum Gasteiger partial charge on any atom is 0.416 e. The summed E-state index contributed by atoms with van der Waals surface area (Å²) in [6.45, 7) is 2.64. The zero-order chi connectivity index (χ0) is 20.4. The Balaban J connectivity index is 1.57. The Labute approximate surface area is 164 Å². The fourth-order valence-corrected chi connectivity index (χ4v) is 3.04. The van der Waals surface area contributed by atoms with Crippen LogP contribution in [0.15, 0.2) is 30.5 Å². The first kappa shape index (κ1) is 19.4. The standard InChI is InChI=1S/C18H20F3N7O/c1-28-16-14(9-24-28)15(25-12-4-2-11(3-5-12)18(19,20)21)26-17(27-16)23-8-13-10-29-7-6-22-13/h2-5,9,13,22H,6-8,10H2,1H3,(H2,23,25,26,27)/t13-/m1/s1. The summed E-state index contributed by atoms with van der Waals surface area (Å²) in [6, 6.07) is 4.92. The van der Waals surface area contributed by atoms with Crippen molar-refractivity contribution in [1.29, 1.82) is 0 Å². The highest BCUT2D eigenvalue weighted by atomic mass is 19.4. The maximum absolute atomic E-state index is 12.8. The number of fused-ring (bicyclic) bond motifs is 1. The normalized spacial score (nSPS) is 17.4. The maximum atomic E-state index is 12.8. The van der Waals surface area contributed by atoms with Gasteiger partial charge in [0.25, 0.3) is 0 Å². The lowest BCUT2D eigenvalue weighted by molar-refractivity contribution is -0.137. The molecule has 3 aromatic rings. The van der Waals surface area contributed by atoms with E-state index < -0.39 is 11.7 Å². The van der Waals surface area contributed by atoms with E-state index in [4.69, 9.17) is 4.74 Å². The van der Waals surface area contributed by atoms with Crippen molar-refractivity contribution in [3.05, 3.63) is 36.0 Å². The zero-order valence-corrected chi connectivity index (χ0v) is 15.6. The second-order valence-corrected chi connectivity index (χ2v) is 6.71. The van der Waals surface area contributed by atoms with Crippen molar-refractivity contribution in [2.24, 2.45) is 7.05 Å². The van der Waals surface area contributed by atoms with Crippen LogP contribution in [0.2, 0.25) is 0 Å². The van der Waals surface area contributed by atoms with E-state index in [9.17, 15) is 13.2 Å². The zero-order valence-electron chi connectivity index (χ0n) is 15.6. The van der Waals surface area contributed by atoms with Crippen molar-refractivity contribution < 1.29 is 17.9 Å². The molecule has 2 aromatic heterocycles. The number of morpholine rings is 1. The number of nitrogens with zero attached hydrogens (tertiary/aromatic N) is 4. The molecule has 3 heterocycles. The SMILES string of the molecule is Cn1ncc2c(Nc3ccc(C(F)(F)F)cc3)nc(NC[C@@H]3COCCN3)nc21. The van der Waals surface area contributed by atoms with Gasteiger partial charge in [0, 0.05) is 31.9 Å². The van der Waals surface area contributed by atoms with Crippen molar-refractivity contribution in [3.63, 3.8) is 0 Å². The molecule has 0 saturated carbocycles. The van der Waals surface area contributed by atoms with E-state index in [-0.39, 0.29) is 6.04 Å². The largest absolute Gasteiger partial charge is 0.416 e. The van der Waals surface area contributed by atoms with Gasteiger partial charge in [-0.1, -0.05) is 0 Å². The van der Waals surface area contributed by atoms with Crippen LogP contribution in [0.25, 0.3) is 11.0 Å². The summed E-state index contributed by atoms with van der Waals surface area (Å²) in [6.07, 6.45) is -2.76. The molecule has 0 amide bonds. The summed E-state index contributed by atoms with van der Waals surface area (Å²) in [5.74, 6) is 0.848. The van der Waals surface area contributed by atoms with E-state index in [1.807, 2.05) is 0 Å². The number of rotatable bonds is 5. The highest BCUT2D eigenvalue weighted by molar-refractivity contribution is 5.89. The van der Waals surface area contributed by atoms with Gasteiger partial charge in [-0.3, -0.25) is 4.68 Å². The lowest BCUT2D eigenvalue weighted by Crippen LogP contribution is -2.45. The second-order valence-electron chi connectivity index (χ2n) is 6.71. The van der Waals surface area contributed by atoms with Crippen molar-refractivity contribution in [2.45, 2.75) is 12.2 Å². The molecule has 1 aliphatic heterocycles. The van der Waals surface area contributed by atoms with Crippen LogP contribution in [0.4, 0.5) is 30.6 Å². The highest BCUT2D eigenvalue weighted by Gasteiger charge is 2.30. The number of hydrogen-bond donors (Lipinski definition) is 3. The third-order valence-electron chi connectivity index (χ3n) is 4.57. The number of aromatic nitrogens is 4. The molecule has 1 aliphatic rings. The lowest BCUT2D eigenvalue weighted by atomic mass is 10.2. The molecule has 1 atom stereocenters. The number of nitrogens with one attached hydrogen (secondary N) is 3. The number of alkyl halides is 3. The molecule has 1 aromatic carbocycles. The van der Waals surface area contributed by atoms with E-state index in [1.165, 1.54) is 12.1 Å². The van der Waals surface area contributed by atoms with Gasteiger partial charge in [0.15, 0.2) is 5.65 Å². The molecule has 0 radical (unpaired) electrons. The van der Waals surface area contributed by atoms with E-state index >= 15 is 0 Å². The van der Waals surface area contributed by atoms with Crippen LogP contribution in [-0.4, -0.2) is 52.1 Å². The smallest absolute Gasteiger partial charge is 0.378 e. The average Bonchev–Trinajstić information content (AvgIpc) is 3.08. The molecule has 1 fully saturated rings. The Morgan fingerprint density at radius 3 is 2.72 bits per heavy atom. The van der Waals surface area contributed by atoms with Gasteiger partial charge in [-0.2, -0.15) is 28.2 Å². The molecule has 0 spiro atoms. The number of benzene rings is 1. The molecule has 4 rings (SSSR count). The quantitative estimate of drug-likeness (QED) is 0.599. The summed E-state index contributed by atoms with van der Waals surface area (Å²) >= 11 is 0. The van der Waals surface area contributed by atoms with E-state index in [0.717, 1.165) is 18.7 Å². The Hall–Kier alpha value is -2.92. The topological polar surface area (TPSA) is 88.9 Å². The van der Waals surface area contributed by atoms with E-state index in [1.54, 1.807) is 17.9 Å². The first-order valence-electron chi connectivity index (χ1n) is 9.09. The lowest BCUT2D eigenvalue weighted by Gasteiger charge is -2.24. The van der Waals surface area contributed by atoms with Gasteiger partial charge in [0.05, 0.1) is 30.4 Å². The average molecular weight is 407 g/mol. The molecule has 154 valence electrons. The first-order valence-corrected chi connectivity index (χ1v) is 9.09. The summed E-state index contributed by atoms with van der Waals surface area (Å²) in [5.41, 5.74) is 0.377. The summed E-state index contributed by atoms with van der Waals surface area (Å²) in [5, 5.41) is 14.5. The molecular formula is C18H20F3N7O. The molecule has 0 aliphatic carbocycles. The minimum absolute atomic E-state index is 0.140. The van der Waals surface area contributed by atoms with Crippen LogP contribution >= 0.6 is 0 Å². The predicted molar refractivity (Wildman–Crippen MR) is 102 cm³/mol. The number of aryl methyl sites for hydroxylation is 1. The number of halogens is 3. The second kappa shape index (κ2) is 7.84. The van der Waals surface area contributed by atoms with Gasteiger partial charge in [-0.25, -0.2) is 0 Å². The molecule has 29 heavy (non-hydrogen) atoms. The molecule has 8 nitrogen and oxygen atoms in total. The van der Waals surface area contributed by atoms with Gasteiger partial charge in [-0.05, 0) is 24.3 Å².